The van der Waals surface area contributed by atoms with Gasteiger partial charge in [0.05, 0.1) is 4.92 Å². The number of hydrogen-bond donors (Lipinski definition) is 2. The number of nitrogens with zero attached hydrogens (tertiary/aromatic N) is 3. The Hall–Kier alpha value is -1.89. The highest BCUT2D eigenvalue weighted by Crippen LogP contribution is 2.28. The molecule has 1 atom stereocenters. The predicted molar refractivity (Wildman–Crippen MR) is 66.9 cm³/mol. The zero-order chi connectivity index (χ0) is 13.0. The van der Waals surface area contributed by atoms with Crippen LogP contribution in [0.3, 0.4) is 0 Å². The molecule has 0 aliphatic carbocycles. The summed E-state index contributed by atoms with van der Waals surface area (Å²) in [4.78, 5) is 16.4. The highest BCUT2D eigenvalue weighted by Gasteiger charge is 2.21. The molecule has 94 valence electrons. The van der Waals surface area contributed by atoms with Gasteiger partial charge in [0.2, 0.25) is 5.82 Å². The molecule has 0 aliphatic rings. The molecule has 17 heavy (non-hydrogen) atoms. The van der Waals surface area contributed by atoms with Crippen molar-refractivity contribution in [3.05, 3.63) is 22.2 Å². The standard InChI is InChI=1S/C10H17N5O2/c1-4-7(2)14(3)10-8(15(16)17)5-6-9(12-10)13-11/h5-7H,4,11H2,1-3H3,(H,12,13). The fourth-order valence-electron chi connectivity index (χ4n) is 1.41. The number of nitrogens with one attached hydrogen (secondary N) is 1. The Balaban J connectivity index is 3.21. The van der Waals surface area contributed by atoms with Crippen LogP contribution in [0.25, 0.3) is 0 Å². The normalized spacial score (nSPS) is 12.0. The van der Waals surface area contributed by atoms with Crippen molar-refractivity contribution in [2.75, 3.05) is 17.4 Å². The molecule has 0 radical (unpaired) electrons. The zero-order valence-corrected chi connectivity index (χ0v) is 10.2. The van der Waals surface area contributed by atoms with Gasteiger partial charge in [-0.25, -0.2) is 10.8 Å². The van der Waals surface area contributed by atoms with Gasteiger partial charge in [-0.2, -0.15) is 0 Å². The molecule has 0 amide bonds. The van der Waals surface area contributed by atoms with E-state index < -0.39 is 4.92 Å². The lowest BCUT2D eigenvalue weighted by Gasteiger charge is -2.24. The Labute approximate surface area is 99.7 Å². The van der Waals surface area contributed by atoms with Gasteiger partial charge in [-0.05, 0) is 19.4 Å². The van der Waals surface area contributed by atoms with Crippen LogP contribution in [0.15, 0.2) is 12.1 Å². The van der Waals surface area contributed by atoms with E-state index in [0.717, 1.165) is 6.42 Å². The van der Waals surface area contributed by atoms with Crippen molar-refractivity contribution < 1.29 is 4.92 Å². The van der Waals surface area contributed by atoms with Crippen molar-refractivity contribution in [2.24, 2.45) is 5.84 Å². The van der Waals surface area contributed by atoms with Crippen molar-refractivity contribution in [2.45, 2.75) is 26.3 Å². The van der Waals surface area contributed by atoms with Crippen LogP contribution < -0.4 is 16.2 Å². The van der Waals surface area contributed by atoms with Crippen molar-refractivity contribution in [3.63, 3.8) is 0 Å². The van der Waals surface area contributed by atoms with E-state index in [9.17, 15) is 10.1 Å². The average Bonchev–Trinajstić information content (AvgIpc) is 2.35. The van der Waals surface area contributed by atoms with Gasteiger partial charge in [0, 0.05) is 19.2 Å². The SMILES string of the molecule is CCC(C)N(C)c1nc(NN)ccc1[N+](=O)[O-]. The minimum Gasteiger partial charge on any atom is -0.351 e. The topological polar surface area (TPSA) is 97.3 Å². The minimum absolute atomic E-state index is 0.0215. The summed E-state index contributed by atoms with van der Waals surface area (Å²) in [6.45, 7) is 3.99. The summed E-state index contributed by atoms with van der Waals surface area (Å²) in [7, 11) is 1.78. The van der Waals surface area contributed by atoms with Crippen molar-refractivity contribution in [3.8, 4) is 0 Å². The van der Waals surface area contributed by atoms with E-state index >= 15 is 0 Å². The number of aromatic nitrogens is 1. The first-order valence-electron chi connectivity index (χ1n) is 5.36. The number of nitrogen functional groups attached to an aromatic ring is 1. The lowest BCUT2D eigenvalue weighted by Crippen LogP contribution is -2.29. The van der Waals surface area contributed by atoms with E-state index in [4.69, 9.17) is 5.84 Å². The summed E-state index contributed by atoms with van der Waals surface area (Å²) in [6, 6.07) is 3.04. The van der Waals surface area contributed by atoms with Crippen LogP contribution in [-0.2, 0) is 0 Å². The molecular formula is C10H17N5O2. The van der Waals surface area contributed by atoms with Gasteiger partial charge in [0.1, 0.15) is 5.82 Å². The lowest BCUT2D eigenvalue weighted by atomic mass is 10.2. The van der Waals surface area contributed by atoms with Gasteiger partial charge in [0.15, 0.2) is 0 Å². The monoisotopic (exact) mass is 239 g/mol. The Morgan fingerprint density at radius 1 is 1.65 bits per heavy atom. The summed E-state index contributed by atoms with van der Waals surface area (Å²) in [6.07, 6.45) is 0.871. The van der Waals surface area contributed by atoms with E-state index in [0.29, 0.717) is 11.6 Å². The smallest absolute Gasteiger partial charge is 0.311 e. The summed E-state index contributed by atoms with van der Waals surface area (Å²) in [5.74, 6) is 5.98. The van der Waals surface area contributed by atoms with Gasteiger partial charge in [0.25, 0.3) is 0 Å². The van der Waals surface area contributed by atoms with Crippen LogP contribution >= 0.6 is 0 Å². The van der Waals surface area contributed by atoms with E-state index in [1.165, 1.54) is 12.1 Å². The zero-order valence-electron chi connectivity index (χ0n) is 10.2. The molecule has 0 aromatic carbocycles. The van der Waals surface area contributed by atoms with Crippen LogP contribution in [0.5, 0.6) is 0 Å². The molecule has 0 saturated heterocycles. The van der Waals surface area contributed by atoms with E-state index in [1.807, 2.05) is 13.8 Å². The largest absolute Gasteiger partial charge is 0.351 e. The molecule has 7 heteroatoms. The fourth-order valence-corrected chi connectivity index (χ4v) is 1.41. The molecule has 1 heterocycles. The second-order valence-corrected chi connectivity index (χ2v) is 3.81. The van der Waals surface area contributed by atoms with E-state index in [1.54, 1.807) is 11.9 Å². The van der Waals surface area contributed by atoms with Crippen LogP contribution in [-0.4, -0.2) is 23.0 Å². The molecule has 0 saturated carbocycles. The van der Waals surface area contributed by atoms with Crippen LogP contribution in [0, 0.1) is 10.1 Å². The first kappa shape index (κ1) is 13.2. The first-order chi connectivity index (χ1) is 8.01. The van der Waals surface area contributed by atoms with Crippen LogP contribution in [0.1, 0.15) is 20.3 Å². The van der Waals surface area contributed by atoms with Gasteiger partial charge in [-0.15, -0.1) is 0 Å². The van der Waals surface area contributed by atoms with E-state index in [-0.39, 0.29) is 11.7 Å². The summed E-state index contributed by atoms with van der Waals surface area (Å²) >= 11 is 0. The third-order valence-electron chi connectivity index (χ3n) is 2.79. The first-order valence-corrected chi connectivity index (χ1v) is 5.36. The maximum Gasteiger partial charge on any atom is 0.311 e. The number of rotatable bonds is 5. The highest BCUT2D eigenvalue weighted by atomic mass is 16.6. The second kappa shape index (κ2) is 5.44. The maximum absolute atomic E-state index is 10.9. The molecule has 0 spiro atoms. The molecular weight excluding hydrogens is 222 g/mol. The molecule has 1 aromatic rings. The van der Waals surface area contributed by atoms with Crippen molar-refractivity contribution in [1.82, 2.24) is 4.98 Å². The maximum atomic E-state index is 10.9. The molecule has 0 fully saturated rings. The molecule has 1 rings (SSSR count). The molecule has 3 N–H and O–H groups in total. The number of hydrogen-bond acceptors (Lipinski definition) is 6. The Kier molecular flexibility index (Phi) is 4.22. The Morgan fingerprint density at radius 2 is 2.29 bits per heavy atom. The van der Waals surface area contributed by atoms with Gasteiger partial charge in [-0.1, -0.05) is 6.92 Å². The Morgan fingerprint density at radius 3 is 2.76 bits per heavy atom. The second-order valence-electron chi connectivity index (χ2n) is 3.81. The molecule has 7 nitrogen and oxygen atoms in total. The third-order valence-corrected chi connectivity index (χ3v) is 2.79. The number of pyridine rings is 1. The van der Waals surface area contributed by atoms with Crippen molar-refractivity contribution >= 4 is 17.3 Å². The predicted octanol–water partition coefficient (Wildman–Crippen LogP) is 1.51. The van der Waals surface area contributed by atoms with E-state index in [2.05, 4.69) is 10.4 Å². The minimum atomic E-state index is -0.443. The average molecular weight is 239 g/mol. The molecule has 0 aliphatic heterocycles. The summed E-state index contributed by atoms with van der Waals surface area (Å²) in [5.41, 5.74) is 2.36. The lowest BCUT2D eigenvalue weighted by molar-refractivity contribution is -0.384. The molecule has 1 aromatic heterocycles. The highest BCUT2D eigenvalue weighted by molar-refractivity contribution is 5.61. The summed E-state index contributed by atoms with van der Waals surface area (Å²) in [5, 5.41) is 10.9. The van der Waals surface area contributed by atoms with Crippen molar-refractivity contribution in [1.29, 1.82) is 0 Å². The summed E-state index contributed by atoms with van der Waals surface area (Å²) < 4.78 is 0. The number of anilines is 2. The van der Waals surface area contributed by atoms with Gasteiger partial charge >= 0.3 is 5.69 Å². The quantitative estimate of drug-likeness (QED) is 0.459. The van der Waals surface area contributed by atoms with Crippen LogP contribution in [0.4, 0.5) is 17.3 Å². The molecule has 0 bridgehead atoms. The fraction of sp³-hybridized carbons (Fsp3) is 0.500. The number of nitro groups is 1. The third kappa shape index (κ3) is 2.82. The Bertz CT molecular complexity index is 410. The molecule has 1 unspecified atom stereocenters. The van der Waals surface area contributed by atoms with Gasteiger partial charge < -0.3 is 10.3 Å². The number of nitrogens with two attached hydrogens (primary N) is 1. The number of hydrazine groups is 1. The van der Waals surface area contributed by atoms with Crippen LogP contribution in [0.2, 0.25) is 0 Å². The van der Waals surface area contributed by atoms with Gasteiger partial charge in [-0.3, -0.25) is 10.1 Å².